The van der Waals surface area contributed by atoms with E-state index in [2.05, 4.69) is 19.2 Å². The summed E-state index contributed by atoms with van der Waals surface area (Å²) < 4.78 is 1.77. The van der Waals surface area contributed by atoms with E-state index >= 15 is 0 Å². The summed E-state index contributed by atoms with van der Waals surface area (Å²) in [5.41, 5.74) is 2.78. The van der Waals surface area contributed by atoms with Gasteiger partial charge in [0.1, 0.15) is 5.82 Å². The third kappa shape index (κ3) is 3.70. The Morgan fingerprint density at radius 1 is 1.08 bits per heavy atom. The van der Waals surface area contributed by atoms with Crippen molar-refractivity contribution >= 4 is 10.9 Å². The molecule has 3 aromatic rings. The van der Waals surface area contributed by atoms with E-state index in [1.165, 1.54) is 5.56 Å². The van der Waals surface area contributed by atoms with Crippen LogP contribution in [0.15, 0.2) is 53.3 Å². The van der Waals surface area contributed by atoms with Crippen molar-refractivity contribution in [3.63, 3.8) is 0 Å². The molecule has 0 saturated carbocycles. The van der Waals surface area contributed by atoms with E-state index in [9.17, 15) is 4.79 Å². The molecule has 1 heterocycles. The number of aryl methyl sites for hydroxylation is 1. The van der Waals surface area contributed by atoms with Crippen LogP contribution in [0.1, 0.15) is 50.5 Å². The van der Waals surface area contributed by atoms with Gasteiger partial charge in [0.25, 0.3) is 5.56 Å². The minimum atomic E-state index is -0.00908. The van der Waals surface area contributed by atoms with Gasteiger partial charge in [-0.1, -0.05) is 50.1 Å². The third-order valence-corrected chi connectivity index (χ3v) is 4.73. The molecule has 0 radical (unpaired) electrons. The molecule has 0 bridgehead atoms. The summed E-state index contributed by atoms with van der Waals surface area (Å²) in [5.74, 6) is 0.788. The second kappa shape index (κ2) is 8.28. The summed E-state index contributed by atoms with van der Waals surface area (Å²) in [5, 5.41) is 4.23. The van der Waals surface area contributed by atoms with Gasteiger partial charge < -0.3 is 5.32 Å². The highest BCUT2D eigenvalue weighted by atomic mass is 16.1. The summed E-state index contributed by atoms with van der Waals surface area (Å²) in [7, 11) is 0. The van der Waals surface area contributed by atoms with E-state index in [0.29, 0.717) is 5.39 Å². The van der Waals surface area contributed by atoms with Gasteiger partial charge in [-0.15, -0.1) is 0 Å². The molecule has 0 spiro atoms. The van der Waals surface area contributed by atoms with Crippen LogP contribution in [-0.4, -0.2) is 16.1 Å². The number of nitrogens with one attached hydrogen (secondary N) is 1. The predicted molar refractivity (Wildman–Crippen MR) is 108 cm³/mol. The number of hydrogen-bond donors (Lipinski definition) is 1. The lowest BCUT2D eigenvalue weighted by Crippen LogP contribution is -2.31. The maximum atomic E-state index is 13.3. The lowest BCUT2D eigenvalue weighted by atomic mass is 10.1. The van der Waals surface area contributed by atoms with Crippen LogP contribution in [0.25, 0.3) is 16.6 Å². The Balaban J connectivity index is 2.20. The molecule has 3 rings (SSSR count). The van der Waals surface area contributed by atoms with Gasteiger partial charge in [-0.2, -0.15) is 0 Å². The standard InChI is InChI=1S/C22H27N3O/c1-4-6-15-23-19(5-2)21-24-20-10-8-7-9-18(20)22(26)25(21)17-13-11-16(3)12-14-17/h7-14,19,23H,4-6,15H2,1-3H3. The number of para-hydroxylation sites is 1. The zero-order chi connectivity index (χ0) is 18.5. The first kappa shape index (κ1) is 18.3. The fourth-order valence-corrected chi connectivity index (χ4v) is 3.20. The van der Waals surface area contributed by atoms with Crippen LogP contribution in [0.5, 0.6) is 0 Å². The highest BCUT2D eigenvalue weighted by Gasteiger charge is 2.19. The smallest absolute Gasteiger partial charge is 0.266 e. The van der Waals surface area contributed by atoms with Crippen LogP contribution < -0.4 is 10.9 Å². The van der Waals surface area contributed by atoms with Gasteiger partial charge in [0.15, 0.2) is 0 Å². The zero-order valence-electron chi connectivity index (χ0n) is 15.8. The second-order valence-electron chi connectivity index (χ2n) is 6.73. The Morgan fingerprint density at radius 3 is 2.50 bits per heavy atom. The molecular formula is C22H27N3O. The molecule has 136 valence electrons. The molecule has 0 aliphatic heterocycles. The third-order valence-electron chi connectivity index (χ3n) is 4.73. The van der Waals surface area contributed by atoms with Crippen molar-refractivity contribution in [3.05, 3.63) is 70.3 Å². The average Bonchev–Trinajstić information content (AvgIpc) is 2.66. The van der Waals surface area contributed by atoms with E-state index in [0.717, 1.165) is 42.8 Å². The molecule has 4 heteroatoms. The van der Waals surface area contributed by atoms with Crippen molar-refractivity contribution < 1.29 is 0 Å². The van der Waals surface area contributed by atoms with E-state index in [1.807, 2.05) is 55.5 Å². The summed E-state index contributed by atoms with van der Waals surface area (Å²) in [6, 6.07) is 15.7. The molecular weight excluding hydrogens is 322 g/mol. The normalized spacial score (nSPS) is 12.4. The molecule has 26 heavy (non-hydrogen) atoms. The van der Waals surface area contributed by atoms with Crippen LogP contribution >= 0.6 is 0 Å². The van der Waals surface area contributed by atoms with E-state index in [4.69, 9.17) is 4.98 Å². The fourth-order valence-electron chi connectivity index (χ4n) is 3.20. The first-order chi connectivity index (χ1) is 12.7. The summed E-state index contributed by atoms with van der Waals surface area (Å²) in [4.78, 5) is 18.2. The summed E-state index contributed by atoms with van der Waals surface area (Å²) in [6.45, 7) is 7.28. The van der Waals surface area contributed by atoms with Gasteiger partial charge in [0.2, 0.25) is 0 Å². The molecule has 1 N–H and O–H groups in total. The van der Waals surface area contributed by atoms with Crippen LogP contribution in [0, 0.1) is 6.92 Å². The monoisotopic (exact) mass is 349 g/mol. The van der Waals surface area contributed by atoms with Crippen molar-refractivity contribution in [1.82, 2.24) is 14.9 Å². The molecule has 0 saturated heterocycles. The maximum absolute atomic E-state index is 13.3. The first-order valence-electron chi connectivity index (χ1n) is 9.47. The average molecular weight is 349 g/mol. The van der Waals surface area contributed by atoms with Crippen molar-refractivity contribution in [2.75, 3.05) is 6.54 Å². The zero-order valence-corrected chi connectivity index (χ0v) is 15.8. The lowest BCUT2D eigenvalue weighted by molar-refractivity contribution is 0.476. The minimum Gasteiger partial charge on any atom is -0.307 e. The summed E-state index contributed by atoms with van der Waals surface area (Å²) >= 11 is 0. The van der Waals surface area contributed by atoms with Gasteiger partial charge in [0.05, 0.1) is 22.6 Å². The second-order valence-corrected chi connectivity index (χ2v) is 6.73. The molecule has 0 aliphatic carbocycles. The molecule has 2 aromatic carbocycles. The van der Waals surface area contributed by atoms with Crippen molar-refractivity contribution in [2.45, 2.75) is 46.1 Å². The number of unbranched alkanes of at least 4 members (excludes halogenated alkanes) is 1. The number of fused-ring (bicyclic) bond motifs is 1. The highest BCUT2D eigenvalue weighted by Crippen LogP contribution is 2.20. The Kier molecular flexibility index (Phi) is 5.84. The van der Waals surface area contributed by atoms with E-state index < -0.39 is 0 Å². The van der Waals surface area contributed by atoms with Crippen LogP contribution in [0.4, 0.5) is 0 Å². The molecule has 1 aromatic heterocycles. The number of nitrogens with zero attached hydrogens (tertiary/aromatic N) is 2. The van der Waals surface area contributed by atoms with Crippen molar-refractivity contribution in [1.29, 1.82) is 0 Å². The van der Waals surface area contributed by atoms with Gasteiger partial charge in [-0.05, 0) is 50.6 Å². The quantitative estimate of drug-likeness (QED) is 0.637. The van der Waals surface area contributed by atoms with Gasteiger partial charge in [-0.25, -0.2) is 4.98 Å². The Bertz CT molecular complexity index is 928. The number of aromatic nitrogens is 2. The largest absolute Gasteiger partial charge is 0.307 e. The van der Waals surface area contributed by atoms with Crippen LogP contribution in [0.2, 0.25) is 0 Å². The minimum absolute atomic E-state index is 0.00908. The number of benzene rings is 2. The van der Waals surface area contributed by atoms with Gasteiger partial charge >= 0.3 is 0 Å². The van der Waals surface area contributed by atoms with E-state index in [-0.39, 0.29) is 11.6 Å². The first-order valence-corrected chi connectivity index (χ1v) is 9.47. The van der Waals surface area contributed by atoms with Gasteiger partial charge in [-0.3, -0.25) is 9.36 Å². The number of hydrogen-bond acceptors (Lipinski definition) is 3. The molecule has 1 atom stereocenters. The molecule has 0 amide bonds. The SMILES string of the molecule is CCCCNC(CC)c1nc2ccccc2c(=O)n1-c1ccc(C)cc1. The number of rotatable bonds is 7. The van der Waals surface area contributed by atoms with Crippen LogP contribution in [-0.2, 0) is 0 Å². The highest BCUT2D eigenvalue weighted by molar-refractivity contribution is 5.77. The van der Waals surface area contributed by atoms with Gasteiger partial charge in [0, 0.05) is 0 Å². The summed E-state index contributed by atoms with van der Waals surface area (Å²) in [6.07, 6.45) is 3.12. The molecule has 4 nitrogen and oxygen atoms in total. The van der Waals surface area contributed by atoms with Crippen molar-refractivity contribution in [2.24, 2.45) is 0 Å². The Labute approximate surface area is 154 Å². The predicted octanol–water partition coefficient (Wildman–Crippen LogP) is 4.53. The van der Waals surface area contributed by atoms with Crippen LogP contribution in [0.3, 0.4) is 0 Å². The lowest BCUT2D eigenvalue weighted by Gasteiger charge is -2.22. The fraction of sp³-hybridized carbons (Fsp3) is 0.364. The van der Waals surface area contributed by atoms with E-state index in [1.54, 1.807) is 4.57 Å². The Hall–Kier alpha value is -2.46. The topological polar surface area (TPSA) is 46.9 Å². The molecule has 1 unspecified atom stereocenters. The molecule has 0 fully saturated rings. The van der Waals surface area contributed by atoms with Crippen molar-refractivity contribution in [3.8, 4) is 5.69 Å². The molecule has 0 aliphatic rings. The Morgan fingerprint density at radius 2 is 1.81 bits per heavy atom. The maximum Gasteiger partial charge on any atom is 0.266 e.